The third-order valence-electron chi connectivity index (χ3n) is 26.5. The van der Waals surface area contributed by atoms with E-state index in [2.05, 4.69) is 183 Å². The summed E-state index contributed by atoms with van der Waals surface area (Å²) >= 11 is 14.8. The van der Waals surface area contributed by atoms with Gasteiger partial charge < -0.3 is 79.2 Å². The van der Waals surface area contributed by atoms with E-state index < -0.39 is 46.1 Å². The summed E-state index contributed by atoms with van der Waals surface area (Å²) in [5.41, 5.74) is 10.8. The molecule has 14 aromatic rings. The van der Waals surface area contributed by atoms with E-state index in [1.165, 1.54) is 18.2 Å². The van der Waals surface area contributed by atoms with Crippen molar-refractivity contribution in [2.75, 3.05) is 140 Å². The summed E-state index contributed by atoms with van der Waals surface area (Å²) in [6.45, 7) is 46.2. The van der Waals surface area contributed by atoms with Crippen LogP contribution >= 0.6 is 39.1 Å². The molecule has 2 amide bonds. The highest BCUT2D eigenvalue weighted by Crippen LogP contribution is 2.44. The summed E-state index contributed by atoms with van der Waals surface area (Å²) in [7, 11) is 0. The van der Waals surface area contributed by atoms with Gasteiger partial charge in [-0.25, -0.2) is 106 Å². The molecule has 32 nitrogen and oxygen atoms in total. The Kier molecular flexibility index (Phi) is 29.9. The van der Waals surface area contributed by atoms with Gasteiger partial charge in [-0.3, -0.25) is 0 Å². The topological polar surface area (TPSA) is 327 Å². The van der Waals surface area contributed by atoms with Crippen LogP contribution in [0.2, 0.25) is 10.3 Å². The van der Waals surface area contributed by atoms with Gasteiger partial charge in [-0.1, -0.05) is 23.2 Å². The van der Waals surface area contributed by atoms with E-state index >= 15 is 17.6 Å². The molecule has 0 aliphatic carbocycles. The number of ether oxygens (including phenoxy) is 2. The van der Waals surface area contributed by atoms with Crippen molar-refractivity contribution >= 4 is 142 Å². The third kappa shape index (κ3) is 23.3. The van der Waals surface area contributed by atoms with Crippen LogP contribution in [0.4, 0.5) is 94.0 Å². The number of hydrogen-bond acceptors (Lipinski definition) is 27. The lowest BCUT2D eigenvalue weighted by molar-refractivity contribution is 0.0230. The average molecular weight is 2090 g/mol. The van der Waals surface area contributed by atoms with Crippen molar-refractivity contribution in [2.24, 2.45) is 0 Å². The van der Waals surface area contributed by atoms with Crippen LogP contribution in [0.5, 0.6) is 0 Å². The molecule has 18 heterocycles. The van der Waals surface area contributed by atoms with Crippen molar-refractivity contribution in [3.8, 4) is 33.8 Å². The number of halogens is 9. The summed E-state index contributed by atoms with van der Waals surface area (Å²) in [5, 5.41) is 16.9. The van der Waals surface area contributed by atoms with Gasteiger partial charge in [0.1, 0.15) is 90.1 Å². The highest BCUT2D eigenvalue weighted by molar-refractivity contribution is 9.10. The van der Waals surface area contributed by atoms with Crippen molar-refractivity contribution < 1.29 is 45.4 Å². The first-order chi connectivity index (χ1) is 68.8. The van der Waals surface area contributed by atoms with Crippen molar-refractivity contribution in [1.82, 2.24) is 104 Å². The third-order valence-corrected chi connectivity index (χ3v) is 27.7. The van der Waals surface area contributed by atoms with Crippen LogP contribution in [0.3, 0.4) is 0 Å². The number of aromatic nitrogens is 17. The lowest BCUT2D eigenvalue weighted by Gasteiger charge is -2.37. The normalized spacial score (nSPS) is 16.2. The Balaban J connectivity index is 0.000000131. The van der Waals surface area contributed by atoms with Crippen LogP contribution in [0, 0.1) is 69.5 Å². The largest absolute Gasteiger partial charge is 0.444 e. The number of fused-ring (bicyclic) bond motifs is 9. The number of aryl methyl sites for hydroxylation is 8. The van der Waals surface area contributed by atoms with E-state index in [0.717, 1.165) is 196 Å². The Labute approximate surface area is 855 Å². The van der Waals surface area contributed by atoms with Crippen molar-refractivity contribution in [3.05, 3.63) is 211 Å². The summed E-state index contributed by atoms with van der Waals surface area (Å²) < 4.78 is 108. The Bertz CT molecular complexity index is 7000. The van der Waals surface area contributed by atoms with E-state index in [-0.39, 0.29) is 69.2 Å². The Morgan fingerprint density at radius 2 is 0.648 bits per heavy atom. The van der Waals surface area contributed by atoms with E-state index in [9.17, 15) is 18.4 Å². The second kappa shape index (κ2) is 42.1. The summed E-state index contributed by atoms with van der Waals surface area (Å²) in [6.07, 6.45) is 7.80. The number of carbonyl (C=O) groups excluding carboxylic acids is 2. The highest BCUT2D eigenvalue weighted by Gasteiger charge is 2.39. The zero-order chi connectivity index (χ0) is 103. The molecule has 7 aliphatic heterocycles. The molecule has 0 atom stereocenters. The SMILES string of the molecule is Cc1nc(Cl)ccc1Br.Cc1nc(Cl)ccc1N1CCN(C(=O)OC(C)(C)C)CC1.Cc1nc(Nc2ncc(F)c(-c3cc(F)c4nc5n(c4c3)C(C)(C)CC5)n2)ccc1N1CCN(C(=O)OC(C)(C)C)CC1.Cc1nc(Nc2ncc(F)c(-c3cc(F)c4nc5n(c4c3)C(C)(C)CC5)n2)ccc1N1CCNCC1.Cc1nc(Nc2ncc(F)c(-c3cc(F)c4nc5n(c4c3)C(C)(C)CC5)n2)ccc1N1CCNCC1. The first-order valence-electron chi connectivity index (χ1n) is 48.6. The van der Waals surface area contributed by atoms with Crippen LogP contribution in [0.1, 0.15) is 148 Å². The lowest BCUT2D eigenvalue weighted by Crippen LogP contribution is -2.50. The zero-order valence-corrected chi connectivity index (χ0v) is 87.4. The predicted octanol–water partition coefficient (Wildman–Crippen LogP) is 20.5. The van der Waals surface area contributed by atoms with Crippen LogP contribution in [-0.2, 0) is 45.4 Å². The number of hydrogen-bond donors (Lipinski definition) is 5. The second-order valence-electron chi connectivity index (χ2n) is 40.8. The number of nitrogens with one attached hydrogen (secondary N) is 5. The Hall–Kier alpha value is -13.2. The molecule has 0 bridgehead atoms. The fraction of sp³-hybridized carbons (Fsp3) is 0.423. The van der Waals surface area contributed by atoms with Crippen LogP contribution < -0.4 is 46.2 Å². The number of amides is 2. The summed E-state index contributed by atoms with van der Waals surface area (Å²) in [6, 6.07) is 28.0. The first kappa shape index (κ1) is 103. The van der Waals surface area contributed by atoms with Gasteiger partial charge in [0.25, 0.3) is 0 Å². The van der Waals surface area contributed by atoms with Crippen molar-refractivity contribution in [3.63, 3.8) is 0 Å². The molecule has 0 saturated carbocycles. The molecule has 0 radical (unpaired) electrons. The molecule has 0 unspecified atom stereocenters. The van der Waals surface area contributed by atoms with Gasteiger partial charge in [-0.05, 0) is 250 Å². The molecule has 11 aromatic heterocycles. The second-order valence-corrected chi connectivity index (χ2v) is 42.4. The number of benzene rings is 3. The van der Waals surface area contributed by atoms with Gasteiger partial charge in [0.05, 0.1) is 86.4 Å². The number of carbonyl (C=O) groups is 2. The predicted molar refractivity (Wildman–Crippen MR) is 558 cm³/mol. The van der Waals surface area contributed by atoms with Crippen LogP contribution in [0.25, 0.3) is 66.9 Å². The summed E-state index contributed by atoms with van der Waals surface area (Å²) in [5.74, 6) is 1.23. The minimum Gasteiger partial charge on any atom is -0.444 e. The highest BCUT2D eigenvalue weighted by atomic mass is 79.9. The molecule has 145 heavy (non-hydrogen) atoms. The van der Waals surface area contributed by atoms with Crippen molar-refractivity contribution in [2.45, 2.75) is 184 Å². The molecule has 41 heteroatoms. The smallest absolute Gasteiger partial charge is 0.410 e. The Morgan fingerprint density at radius 3 is 0.931 bits per heavy atom. The summed E-state index contributed by atoms with van der Waals surface area (Å²) in [4.78, 5) is 98.1. The maximum Gasteiger partial charge on any atom is 0.410 e. The maximum absolute atomic E-state index is 15.2. The van der Waals surface area contributed by atoms with E-state index in [0.29, 0.717) is 111 Å². The molecule has 762 valence electrons. The number of anilines is 10. The van der Waals surface area contributed by atoms with Gasteiger partial charge in [0.15, 0.2) is 34.9 Å². The molecule has 7 aliphatic rings. The maximum atomic E-state index is 15.2. The standard InChI is InChI=1S/C31H36F2N8O2.2C26H28F2N8.C15H22ClN3O2.C6H5BrClN/c1-18-22(39-11-13-40(14-12-39)29(42)43-30(2,3)4)7-8-24(35-18)36-28-34-17-21(33)26(38-28)19-15-20(32)27-23(16-19)41-25(37-27)9-10-31(41,5)6;2*1-15-19(35-10-8-29-9-11-35)4-5-21(31-15)32-25-30-14-18(28)23(34-25)16-12-17(27)24-20(13-16)36-22(33-24)6-7-26(36,2)3;1-11-12(5-6-13(16)17-11)18-7-9-19(10-8-18)14(20)21-15(2,3)4;1-4-5(7)2-3-6(8)9-4/h7-8,15-17H,9-14H2,1-6H3,(H,34,35,36,38);2*4-5,12-14,29H,6-11H2,1-3H3,(H,30,31,32,34);5-6H,7-10H2,1-4H3;2-3H,1H3. The van der Waals surface area contributed by atoms with Gasteiger partial charge >= 0.3 is 12.2 Å². The quantitative estimate of drug-likeness (QED) is 0.0529. The number of rotatable bonds is 13. The minimum absolute atomic E-state index is 0.0131. The fourth-order valence-electron chi connectivity index (χ4n) is 19.3. The molecule has 0 spiro atoms. The number of pyridine rings is 5. The van der Waals surface area contributed by atoms with E-state index in [1.807, 2.05) is 123 Å². The van der Waals surface area contributed by atoms with Crippen molar-refractivity contribution in [1.29, 1.82) is 0 Å². The first-order valence-corrected chi connectivity index (χ1v) is 50.2. The molecule has 4 fully saturated rings. The molecule has 5 N–H and O–H groups in total. The average Bonchev–Trinajstić information content (AvgIpc) is 1.59. The lowest BCUT2D eigenvalue weighted by atomic mass is 10.0. The molecule has 4 saturated heterocycles. The van der Waals surface area contributed by atoms with Gasteiger partial charge in [0, 0.05) is 162 Å². The van der Waals surface area contributed by atoms with E-state index in [4.69, 9.17) is 32.7 Å². The molecule has 3 aromatic carbocycles. The van der Waals surface area contributed by atoms with Crippen LogP contribution in [-0.4, -0.2) is 221 Å². The molecular formula is C104H119BrCl2F6N28O4. The minimum atomic E-state index is -0.658. The monoisotopic (exact) mass is 2090 g/mol. The van der Waals surface area contributed by atoms with Gasteiger partial charge in [-0.2, -0.15) is 0 Å². The number of nitrogens with zero attached hydrogens (tertiary/aromatic N) is 23. The fourth-order valence-corrected chi connectivity index (χ4v) is 19.9. The zero-order valence-electron chi connectivity index (χ0n) is 84.3. The Morgan fingerprint density at radius 1 is 0.366 bits per heavy atom. The van der Waals surface area contributed by atoms with Crippen LogP contribution in [0.15, 0.2) is 120 Å². The molecular weight excluding hydrogens is 1970 g/mol. The van der Waals surface area contributed by atoms with E-state index in [1.54, 1.807) is 46.2 Å². The number of piperazine rings is 4. The number of imidazole rings is 3. The molecule has 21 rings (SSSR count). The van der Waals surface area contributed by atoms with Gasteiger partial charge in [0.2, 0.25) is 17.8 Å². The van der Waals surface area contributed by atoms with Gasteiger partial charge in [-0.15, -0.1) is 0 Å².